The van der Waals surface area contributed by atoms with Crippen molar-refractivity contribution in [2.75, 3.05) is 44.7 Å². The van der Waals surface area contributed by atoms with Gasteiger partial charge in [-0.05, 0) is 84.4 Å². The highest BCUT2D eigenvalue weighted by Gasteiger charge is 2.53. The minimum absolute atomic E-state index is 0.00794. The number of piperidine rings is 1. The molecule has 4 N–H and O–H groups in total. The average Bonchev–Trinajstić information content (AvgIpc) is 3.70. The topological polar surface area (TPSA) is 182 Å². The number of aryl methyl sites for hydroxylation is 2. The molecule has 4 aliphatic rings. The van der Waals surface area contributed by atoms with Crippen LogP contribution in [0.15, 0.2) is 53.9 Å². The van der Waals surface area contributed by atoms with Gasteiger partial charge < -0.3 is 26.0 Å². The highest BCUT2D eigenvalue weighted by Crippen LogP contribution is 2.53. The van der Waals surface area contributed by atoms with Gasteiger partial charge in [0.25, 0.3) is 12.3 Å². The molecule has 0 bridgehead atoms. The molecule has 2 aromatic carbocycles. The number of alkyl halides is 2. The Balaban J connectivity index is 0.000000625. The number of aliphatic imine (C=N–C) groups is 1. The zero-order chi connectivity index (χ0) is 49.6. The fraction of sp³-hybridized carbons (Fsp3) is 0.481. The zero-order valence-electron chi connectivity index (χ0n) is 40.3. The number of anilines is 2. The number of carbonyl (C=O) groups is 2. The minimum Gasteiger partial charge on any atom is -0.508 e. The molecule has 3 aliphatic heterocycles. The Morgan fingerprint density at radius 3 is 2.41 bits per heavy atom. The van der Waals surface area contributed by atoms with Crippen molar-refractivity contribution in [2.24, 2.45) is 21.6 Å². The molecule has 5 heterocycles. The number of carbonyl (C=O) groups excluding carboxylic acids is 2. The number of nitriles is 1. The van der Waals surface area contributed by atoms with Crippen LogP contribution >= 0.6 is 11.6 Å². The van der Waals surface area contributed by atoms with E-state index in [-0.39, 0.29) is 51.1 Å². The number of phenols is 1. The van der Waals surface area contributed by atoms with Gasteiger partial charge in [0.2, 0.25) is 5.91 Å². The molecule has 364 valence electrons. The van der Waals surface area contributed by atoms with Crippen molar-refractivity contribution in [3.05, 3.63) is 98.8 Å². The van der Waals surface area contributed by atoms with Crippen LogP contribution in [0, 0.1) is 34.0 Å². The molecule has 17 heteroatoms. The molecule has 2 aromatic heterocycles. The van der Waals surface area contributed by atoms with E-state index in [1.807, 2.05) is 17.0 Å². The second kappa shape index (κ2) is 21.5. The number of phenolic OH excluding ortho intramolecular Hbond substituents is 1. The summed E-state index contributed by atoms with van der Waals surface area (Å²) in [5, 5.41) is 26.0. The van der Waals surface area contributed by atoms with Gasteiger partial charge in [-0.3, -0.25) is 24.2 Å². The molecule has 4 aromatic rings. The van der Waals surface area contributed by atoms with E-state index in [0.29, 0.717) is 73.5 Å². The maximum Gasteiger partial charge on any atom is 0.264 e. The van der Waals surface area contributed by atoms with Gasteiger partial charge in [0.15, 0.2) is 5.82 Å². The lowest BCUT2D eigenvalue weighted by atomic mass is 9.52. The Morgan fingerprint density at radius 2 is 1.78 bits per heavy atom. The van der Waals surface area contributed by atoms with Crippen LogP contribution in [0.2, 0.25) is 5.02 Å². The number of hydrogen-bond donors (Lipinski definition) is 3. The summed E-state index contributed by atoms with van der Waals surface area (Å²) in [6.45, 7) is 14.4. The number of hydrogen-bond acceptors (Lipinski definition) is 11. The third kappa shape index (κ3) is 11.4. The van der Waals surface area contributed by atoms with Crippen molar-refractivity contribution in [1.29, 1.82) is 5.26 Å². The Hall–Kier alpha value is -6.36. The number of amides is 2. The molecular weight excluding hydrogens is 900 g/mol. The maximum absolute atomic E-state index is 14.6. The molecule has 1 aliphatic carbocycles. The lowest BCUT2D eigenvalue weighted by molar-refractivity contribution is -0.129. The molecule has 2 amide bonds. The first-order valence-corrected chi connectivity index (χ1v) is 23.9. The van der Waals surface area contributed by atoms with E-state index >= 15 is 0 Å². The number of likely N-dealkylation sites (tertiary alicyclic amines) is 1. The van der Waals surface area contributed by atoms with Crippen molar-refractivity contribution in [2.45, 2.75) is 111 Å². The summed E-state index contributed by atoms with van der Waals surface area (Å²) in [5.41, 5.74) is 11.4. The van der Waals surface area contributed by atoms with Gasteiger partial charge in [-0.1, -0.05) is 45.2 Å². The van der Waals surface area contributed by atoms with Crippen LogP contribution in [0.4, 0.5) is 20.3 Å². The van der Waals surface area contributed by atoms with Crippen LogP contribution in [0.5, 0.6) is 5.75 Å². The molecule has 1 saturated carbocycles. The SMILES string of the molecule is CN=C/C(=C\N)c1cc2c(cc1C(F)F)N(c1nn(C3CCN(CC#CCCc4ncc(C(=O)NC5C(C)(C)CC5(C)C)cn4)CC3)c3c1CN(C(C)=O)CC3)CCC2.N#Cc1ccc(O)cc1Cl. The van der Waals surface area contributed by atoms with Crippen molar-refractivity contribution in [1.82, 2.24) is 34.9 Å². The van der Waals surface area contributed by atoms with Gasteiger partial charge in [-0.15, -0.1) is 5.92 Å². The number of nitrogens with one attached hydrogen (secondary N) is 1. The van der Waals surface area contributed by atoms with Crippen LogP contribution in [0.25, 0.3) is 5.57 Å². The van der Waals surface area contributed by atoms with Crippen LogP contribution in [0.1, 0.15) is 129 Å². The number of rotatable bonds is 10. The van der Waals surface area contributed by atoms with Crippen LogP contribution in [-0.4, -0.2) is 98.5 Å². The predicted octanol–water partition coefficient (Wildman–Crippen LogP) is 8.34. The Labute approximate surface area is 408 Å². The van der Waals surface area contributed by atoms with Crippen molar-refractivity contribution in [3.8, 4) is 23.7 Å². The first-order chi connectivity index (χ1) is 32.9. The van der Waals surface area contributed by atoms with Crippen LogP contribution in [0.3, 0.4) is 0 Å². The van der Waals surface area contributed by atoms with E-state index in [2.05, 4.69) is 74.3 Å². The standard InChI is InChI=1S/C45H58F2N10O2.C7H4ClNO/c1-29(58)55-20-15-37-36(27-55)41(56-17-10-11-30-21-34(31(23-48)24-49-6)35(40(46)47)22-38(30)56)53-57(37)33-13-18-54(19-14-33)16-9-7-8-12-39-50-25-32(26-51-39)42(59)52-43-44(2,3)28-45(43,4)5;8-7-3-6(10)2-1-5(7)4-9/h21-26,33,40,43H,8,10-20,27-28,48H2,1-6H3,(H,52,59);1-3,10H/b31-23+,49-24?;. The molecule has 8 rings (SSSR count). The number of fused-ring (bicyclic) bond motifs is 2. The maximum atomic E-state index is 14.6. The summed E-state index contributed by atoms with van der Waals surface area (Å²) in [5.74, 6) is 7.98. The number of nitrogens with two attached hydrogens (primary N) is 1. The van der Waals surface area contributed by atoms with Gasteiger partial charge >= 0.3 is 0 Å². The fourth-order valence-corrected chi connectivity index (χ4v) is 10.9. The number of aromatic nitrogens is 4. The van der Waals surface area contributed by atoms with Crippen molar-refractivity contribution >= 4 is 46.7 Å². The molecule has 0 spiro atoms. The van der Waals surface area contributed by atoms with Crippen molar-refractivity contribution in [3.63, 3.8) is 0 Å². The number of benzene rings is 2. The van der Waals surface area contributed by atoms with Crippen LogP contribution < -0.4 is 16.0 Å². The van der Waals surface area contributed by atoms with E-state index in [9.17, 15) is 18.4 Å². The molecule has 0 unspecified atom stereocenters. The largest absolute Gasteiger partial charge is 0.508 e. The van der Waals surface area contributed by atoms with E-state index < -0.39 is 6.43 Å². The normalized spacial score (nSPS) is 18.0. The fourth-order valence-electron chi connectivity index (χ4n) is 10.7. The van der Waals surface area contributed by atoms with Gasteiger partial charge in [0, 0.05) is 118 Å². The molecule has 2 fully saturated rings. The molecule has 14 nitrogen and oxygen atoms in total. The van der Waals surface area contributed by atoms with Gasteiger partial charge in [0.05, 0.1) is 35.3 Å². The van der Waals surface area contributed by atoms with E-state index in [0.717, 1.165) is 73.5 Å². The van der Waals surface area contributed by atoms with Crippen molar-refractivity contribution < 1.29 is 23.5 Å². The highest BCUT2D eigenvalue weighted by atomic mass is 35.5. The molecule has 0 atom stereocenters. The van der Waals surface area contributed by atoms with Gasteiger partial charge in [-0.2, -0.15) is 10.4 Å². The lowest BCUT2D eigenvalue weighted by Gasteiger charge is -2.57. The molecular formula is C52H62ClF2N11O3. The summed E-state index contributed by atoms with van der Waals surface area (Å²) in [4.78, 5) is 44.7. The number of halogens is 3. The van der Waals surface area contributed by atoms with Crippen LogP contribution in [-0.2, 0) is 30.6 Å². The number of allylic oxidation sites excluding steroid dienone is 1. The summed E-state index contributed by atoms with van der Waals surface area (Å²) >= 11 is 5.55. The van der Waals surface area contributed by atoms with Gasteiger partial charge in [0.1, 0.15) is 17.6 Å². The summed E-state index contributed by atoms with van der Waals surface area (Å²) in [7, 11) is 1.59. The third-order valence-electron chi connectivity index (χ3n) is 13.7. The Morgan fingerprint density at radius 1 is 1.06 bits per heavy atom. The first-order valence-electron chi connectivity index (χ1n) is 23.6. The zero-order valence-corrected chi connectivity index (χ0v) is 41.1. The Kier molecular flexibility index (Phi) is 15.8. The molecule has 69 heavy (non-hydrogen) atoms. The summed E-state index contributed by atoms with van der Waals surface area (Å²) in [6.07, 6.45) is 9.71. The monoisotopic (exact) mass is 961 g/mol. The van der Waals surface area contributed by atoms with E-state index in [4.69, 9.17) is 32.8 Å². The second-order valence-corrected chi connectivity index (χ2v) is 20.0. The third-order valence-corrected chi connectivity index (χ3v) is 14.0. The Bertz CT molecular complexity index is 2690. The summed E-state index contributed by atoms with van der Waals surface area (Å²) in [6, 6.07) is 9.81. The smallest absolute Gasteiger partial charge is 0.264 e. The average molecular weight is 963 g/mol. The minimum atomic E-state index is -2.71. The number of aromatic hydroxyl groups is 1. The first kappa shape index (κ1) is 50.5. The van der Waals surface area contributed by atoms with E-state index in [1.54, 1.807) is 32.4 Å². The summed E-state index contributed by atoms with van der Waals surface area (Å²) < 4.78 is 31.4. The second-order valence-electron chi connectivity index (χ2n) is 19.6. The molecule has 1 saturated heterocycles. The van der Waals surface area contributed by atoms with E-state index in [1.165, 1.54) is 30.6 Å². The highest BCUT2D eigenvalue weighted by molar-refractivity contribution is 6.31. The lowest BCUT2D eigenvalue weighted by Crippen LogP contribution is -2.63. The van der Waals surface area contributed by atoms with Gasteiger partial charge in [-0.25, -0.2) is 18.7 Å². The predicted molar refractivity (Wildman–Crippen MR) is 264 cm³/mol. The number of nitrogens with zero attached hydrogens (tertiary/aromatic N) is 9. The quantitative estimate of drug-likeness (QED) is 0.103. The molecule has 0 radical (unpaired) electrons.